The summed E-state index contributed by atoms with van der Waals surface area (Å²) in [7, 11) is 0. The minimum Gasteiger partial charge on any atom is -0.396 e. The van der Waals surface area contributed by atoms with Gasteiger partial charge in [0.05, 0.1) is 30.9 Å². The number of hydrogen-bond donors (Lipinski definition) is 1. The van der Waals surface area contributed by atoms with Crippen molar-refractivity contribution in [2.24, 2.45) is 11.1 Å². The number of carbonyl (C=O) groups is 3. The first-order chi connectivity index (χ1) is 13.0. The highest BCUT2D eigenvalue weighted by molar-refractivity contribution is 6.01. The van der Waals surface area contributed by atoms with Crippen LogP contribution in [0.2, 0.25) is 0 Å². The number of rotatable bonds is 10. The van der Waals surface area contributed by atoms with Crippen molar-refractivity contribution < 1.29 is 33.9 Å². The van der Waals surface area contributed by atoms with Gasteiger partial charge in [0, 0.05) is 12.8 Å². The molecule has 1 heterocycles. The van der Waals surface area contributed by atoms with Gasteiger partial charge in [-0.05, 0) is 40.0 Å². The summed E-state index contributed by atoms with van der Waals surface area (Å²) in [6, 6.07) is 0. The van der Waals surface area contributed by atoms with Gasteiger partial charge in [0.1, 0.15) is 6.61 Å². The number of amides is 2. The van der Waals surface area contributed by atoms with Crippen LogP contribution in [0, 0.1) is 5.92 Å². The average molecular weight is 402 g/mol. The van der Waals surface area contributed by atoms with Gasteiger partial charge in [-0.15, -0.1) is 5.06 Å². The van der Waals surface area contributed by atoms with Crippen LogP contribution in [-0.4, -0.2) is 59.1 Å². The van der Waals surface area contributed by atoms with Gasteiger partial charge < -0.3 is 19.5 Å². The van der Waals surface area contributed by atoms with E-state index in [-0.39, 0.29) is 32.5 Å². The lowest BCUT2D eigenvalue weighted by Crippen LogP contribution is -2.33. The van der Waals surface area contributed by atoms with Crippen LogP contribution in [0.5, 0.6) is 0 Å². The molecular weight excluding hydrogens is 368 g/mol. The third-order valence-electron chi connectivity index (χ3n) is 3.41. The molecular formula is C19H34N2O7. The van der Waals surface area contributed by atoms with Crippen molar-refractivity contribution in [3.05, 3.63) is 0 Å². The van der Waals surface area contributed by atoms with Gasteiger partial charge in [0.2, 0.25) is 0 Å². The Morgan fingerprint density at radius 1 is 1.18 bits per heavy atom. The molecule has 1 aliphatic heterocycles. The van der Waals surface area contributed by atoms with Crippen LogP contribution in [0.15, 0.2) is 5.16 Å². The van der Waals surface area contributed by atoms with Gasteiger partial charge in [-0.1, -0.05) is 19.0 Å². The van der Waals surface area contributed by atoms with E-state index in [1.54, 1.807) is 13.8 Å². The molecule has 0 aliphatic carbocycles. The third-order valence-corrected chi connectivity index (χ3v) is 3.41. The zero-order valence-corrected chi connectivity index (χ0v) is 17.8. The minimum atomic E-state index is -0.737. The van der Waals surface area contributed by atoms with E-state index in [1.165, 1.54) is 0 Å². The lowest BCUT2D eigenvalue weighted by molar-refractivity contribution is -0.198. The molecule has 162 valence electrons. The van der Waals surface area contributed by atoms with Crippen LogP contribution in [0.4, 0.5) is 0 Å². The summed E-state index contributed by atoms with van der Waals surface area (Å²) in [4.78, 5) is 43.3. The van der Waals surface area contributed by atoms with Crippen LogP contribution in [0.3, 0.4) is 0 Å². The average Bonchev–Trinajstić information content (AvgIpc) is 2.91. The van der Waals surface area contributed by atoms with Crippen LogP contribution >= 0.6 is 0 Å². The molecule has 0 aromatic rings. The van der Waals surface area contributed by atoms with E-state index < -0.39 is 23.4 Å². The molecule has 0 spiro atoms. The van der Waals surface area contributed by atoms with E-state index in [2.05, 4.69) is 23.8 Å². The minimum absolute atomic E-state index is 0.0443. The number of carbonyl (C=O) groups excluding carboxylic acids is 3. The molecule has 1 saturated heterocycles. The molecule has 0 aromatic carbocycles. The van der Waals surface area contributed by atoms with Crippen LogP contribution in [0.1, 0.15) is 67.2 Å². The van der Waals surface area contributed by atoms with Gasteiger partial charge >= 0.3 is 5.97 Å². The molecule has 1 rings (SSSR count). The summed E-state index contributed by atoms with van der Waals surface area (Å²) in [6.07, 6.45) is 1.12. The van der Waals surface area contributed by atoms with Crippen molar-refractivity contribution in [3.8, 4) is 0 Å². The van der Waals surface area contributed by atoms with Crippen molar-refractivity contribution in [1.29, 1.82) is 0 Å². The van der Waals surface area contributed by atoms with Crippen molar-refractivity contribution in [2.45, 2.75) is 72.8 Å². The van der Waals surface area contributed by atoms with Crippen LogP contribution in [0.25, 0.3) is 0 Å². The van der Waals surface area contributed by atoms with Crippen molar-refractivity contribution in [3.63, 3.8) is 0 Å². The Hall–Kier alpha value is -2.00. The standard InChI is InChI=1S/C11H17NO6.C8H17NO/c1-11(2,7-13)17-6-5-10(16)18-12-8(14)3-4-9(12)15;1-7(2)5-6-10-9-8(3)4/h13H,3-7H2,1-2H3;7H,5-6H2,1-4H3. The van der Waals surface area contributed by atoms with Crippen molar-refractivity contribution in [2.75, 3.05) is 19.8 Å². The molecule has 2 amide bonds. The predicted octanol–water partition coefficient (Wildman–Crippen LogP) is 2.22. The van der Waals surface area contributed by atoms with E-state index >= 15 is 0 Å². The second-order valence-corrected chi connectivity index (χ2v) is 7.62. The number of aliphatic hydroxyl groups is 1. The molecule has 0 unspecified atom stereocenters. The summed E-state index contributed by atoms with van der Waals surface area (Å²) >= 11 is 0. The van der Waals surface area contributed by atoms with E-state index in [1.807, 2.05) is 13.8 Å². The lowest BCUT2D eigenvalue weighted by Gasteiger charge is -2.22. The second-order valence-electron chi connectivity index (χ2n) is 7.62. The summed E-state index contributed by atoms with van der Waals surface area (Å²) in [6.45, 7) is 12.1. The Morgan fingerprint density at radius 2 is 1.75 bits per heavy atom. The largest absolute Gasteiger partial charge is 0.396 e. The Kier molecular flexibility index (Phi) is 12.3. The zero-order chi connectivity index (χ0) is 21.7. The van der Waals surface area contributed by atoms with Crippen molar-refractivity contribution >= 4 is 23.5 Å². The number of imide groups is 1. The lowest BCUT2D eigenvalue weighted by atomic mass is 10.1. The Labute approximate surface area is 166 Å². The van der Waals surface area contributed by atoms with Gasteiger partial charge in [-0.25, -0.2) is 4.79 Å². The summed E-state index contributed by atoms with van der Waals surface area (Å²) in [5.41, 5.74) is 0.239. The Balaban J connectivity index is 0.000000621. The first kappa shape index (κ1) is 26.0. The first-order valence-electron chi connectivity index (χ1n) is 9.43. The maximum Gasteiger partial charge on any atom is 0.335 e. The fourth-order valence-electron chi connectivity index (χ4n) is 1.72. The monoisotopic (exact) mass is 402 g/mol. The third kappa shape index (κ3) is 12.4. The molecule has 0 bridgehead atoms. The molecule has 0 saturated carbocycles. The van der Waals surface area contributed by atoms with E-state index in [9.17, 15) is 14.4 Å². The molecule has 1 aliphatic rings. The first-order valence-corrected chi connectivity index (χ1v) is 9.43. The SMILES string of the molecule is CC(C)(CO)OCCC(=O)ON1C(=O)CCC1=O.CC(C)=NOCCC(C)C. The molecule has 0 radical (unpaired) electrons. The number of ether oxygens (including phenoxy) is 1. The Bertz CT molecular complexity index is 524. The van der Waals surface area contributed by atoms with Crippen LogP contribution < -0.4 is 0 Å². The topological polar surface area (TPSA) is 115 Å². The molecule has 1 fully saturated rings. The molecule has 9 heteroatoms. The highest BCUT2D eigenvalue weighted by atomic mass is 16.7. The van der Waals surface area contributed by atoms with E-state index in [0.717, 1.165) is 18.7 Å². The van der Waals surface area contributed by atoms with Crippen molar-refractivity contribution in [1.82, 2.24) is 5.06 Å². The fourth-order valence-corrected chi connectivity index (χ4v) is 1.72. The van der Waals surface area contributed by atoms with E-state index in [4.69, 9.17) is 14.7 Å². The summed E-state index contributed by atoms with van der Waals surface area (Å²) in [5, 5.41) is 13.2. The Morgan fingerprint density at radius 3 is 2.21 bits per heavy atom. The molecule has 0 aromatic heterocycles. The number of aliphatic hydroxyl groups excluding tert-OH is 1. The molecule has 9 nitrogen and oxygen atoms in total. The number of oxime groups is 1. The quantitative estimate of drug-likeness (QED) is 0.258. The number of hydroxylamine groups is 2. The van der Waals surface area contributed by atoms with Gasteiger partial charge in [-0.3, -0.25) is 9.59 Å². The maximum absolute atomic E-state index is 11.4. The second kappa shape index (κ2) is 13.2. The fraction of sp³-hybridized carbons (Fsp3) is 0.789. The molecule has 1 N–H and O–H groups in total. The predicted molar refractivity (Wildman–Crippen MR) is 103 cm³/mol. The van der Waals surface area contributed by atoms with Gasteiger partial charge in [0.15, 0.2) is 0 Å². The number of nitrogens with zero attached hydrogens (tertiary/aromatic N) is 2. The van der Waals surface area contributed by atoms with Crippen LogP contribution in [-0.2, 0) is 28.8 Å². The summed E-state index contributed by atoms with van der Waals surface area (Å²) < 4.78 is 5.23. The summed E-state index contributed by atoms with van der Waals surface area (Å²) in [5.74, 6) is -1.03. The van der Waals surface area contributed by atoms with Gasteiger partial charge in [-0.2, -0.15) is 0 Å². The maximum atomic E-state index is 11.4. The number of hydrogen-bond acceptors (Lipinski definition) is 8. The molecule has 28 heavy (non-hydrogen) atoms. The highest BCUT2D eigenvalue weighted by Gasteiger charge is 2.32. The normalized spacial score (nSPS) is 13.9. The van der Waals surface area contributed by atoms with Gasteiger partial charge in [0.25, 0.3) is 11.8 Å². The smallest absolute Gasteiger partial charge is 0.335 e. The van der Waals surface area contributed by atoms with E-state index in [0.29, 0.717) is 11.0 Å². The highest BCUT2D eigenvalue weighted by Crippen LogP contribution is 2.13. The zero-order valence-electron chi connectivity index (χ0n) is 17.8. The molecule has 0 atom stereocenters.